The molecular weight excluding hydrogens is 282 g/mol. The van der Waals surface area contributed by atoms with E-state index in [4.69, 9.17) is 0 Å². The van der Waals surface area contributed by atoms with Crippen LogP contribution in [0.5, 0.6) is 0 Å². The van der Waals surface area contributed by atoms with Gasteiger partial charge in [0.1, 0.15) is 0 Å². The second-order valence-electron chi connectivity index (χ2n) is 4.44. The standard InChI is InChI=1S/C13H20BrNS/c1-10(2)8-15-9-11(3)16-13-6-4-5-12(14)7-13/h4-7,10-11,15H,8-9H2,1-3H3. The molecule has 0 bridgehead atoms. The minimum atomic E-state index is 0.605. The van der Waals surface area contributed by atoms with E-state index < -0.39 is 0 Å². The van der Waals surface area contributed by atoms with Crippen LogP contribution in [0.25, 0.3) is 0 Å². The SMILES string of the molecule is CC(C)CNCC(C)Sc1cccc(Br)c1. The highest BCUT2D eigenvalue weighted by Gasteiger charge is 2.04. The van der Waals surface area contributed by atoms with Crippen LogP contribution in [-0.4, -0.2) is 18.3 Å². The lowest BCUT2D eigenvalue weighted by Gasteiger charge is -2.13. The molecule has 0 radical (unpaired) electrons. The fourth-order valence-electron chi connectivity index (χ4n) is 1.39. The van der Waals surface area contributed by atoms with Gasteiger partial charge in [0.2, 0.25) is 0 Å². The van der Waals surface area contributed by atoms with Crippen LogP contribution in [0.1, 0.15) is 20.8 Å². The van der Waals surface area contributed by atoms with Crippen molar-refractivity contribution in [2.24, 2.45) is 5.92 Å². The molecule has 0 spiro atoms. The summed E-state index contributed by atoms with van der Waals surface area (Å²) in [6.45, 7) is 8.90. The Balaban J connectivity index is 2.31. The van der Waals surface area contributed by atoms with Gasteiger partial charge < -0.3 is 5.32 Å². The summed E-state index contributed by atoms with van der Waals surface area (Å²) in [6.07, 6.45) is 0. The van der Waals surface area contributed by atoms with Gasteiger partial charge >= 0.3 is 0 Å². The third-order valence-electron chi connectivity index (χ3n) is 2.12. The molecule has 3 heteroatoms. The van der Waals surface area contributed by atoms with Crippen molar-refractivity contribution in [1.29, 1.82) is 0 Å². The van der Waals surface area contributed by atoms with E-state index >= 15 is 0 Å². The Morgan fingerprint density at radius 3 is 2.62 bits per heavy atom. The van der Waals surface area contributed by atoms with Gasteiger partial charge in [0.05, 0.1) is 0 Å². The normalized spacial score (nSPS) is 13.1. The molecule has 16 heavy (non-hydrogen) atoms. The molecule has 0 heterocycles. The van der Waals surface area contributed by atoms with Gasteiger partial charge in [0, 0.05) is 21.2 Å². The van der Waals surface area contributed by atoms with Gasteiger partial charge in [0.15, 0.2) is 0 Å². The molecule has 1 rings (SSSR count). The molecule has 1 aromatic carbocycles. The Hall–Kier alpha value is 0.01000. The van der Waals surface area contributed by atoms with E-state index in [1.165, 1.54) is 4.90 Å². The minimum Gasteiger partial charge on any atom is -0.315 e. The van der Waals surface area contributed by atoms with Crippen LogP contribution in [0.4, 0.5) is 0 Å². The molecule has 0 aliphatic carbocycles. The van der Waals surface area contributed by atoms with E-state index in [2.05, 4.69) is 66.3 Å². The number of benzene rings is 1. The average molecular weight is 302 g/mol. The molecule has 0 aliphatic heterocycles. The fourth-order valence-corrected chi connectivity index (χ4v) is 2.96. The van der Waals surface area contributed by atoms with Gasteiger partial charge in [-0.3, -0.25) is 0 Å². The largest absolute Gasteiger partial charge is 0.315 e. The minimum absolute atomic E-state index is 0.605. The van der Waals surface area contributed by atoms with E-state index in [-0.39, 0.29) is 0 Å². The number of halogens is 1. The van der Waals surface area contributed by atoms with Crippen LogP contribution < -0.4 is 5.32 Å². The van der Waals surface area contributed by atoms with Crippen molar-refractivity contribution in [3.63, 3.8) is 0 Å². The quantitative estimate of drug-likeness (QED) is 0.791. The van der Waals surface area contributed by atoms with Crippen LogP contribution >= 0.6 is 27.7 Å². The Morgan fingerprint density at radius 2 is 2.00 bits per heavy atom. The Kier molecular flexibility index (Phi) is 6.47. The molecule has 0 amide bonds. The maximum Gasteiger partial charge on any atom is 0.0191 e. The first-order valence-corrected chi connectivity index (χ1v) is 7.38. The van der Waals surface area contributed by atoms with Crippen LogP contribution in [0.2, 0.25) is 0 Å². The van der Waals surface area contributed by atoms with Crippen molar-refractivity contribution < 1.29 is 0 Å². The van der Waals surface area contributed by atoms with Crippen LogP contribution in [-0.2, 0) is 0 Å². The number of rotatable bonds is 6. The molecule has 1 unspecified atom stereocenters. The zero-order chi connectivity index (χ0) is 12.0. The Morgan fingerprint density at radius 1 is 1.25 bits per heavy atom. The summed E-state index contributed by atoms with van der Waals surface area (Å²) in [6, 6.07) is 8.48. The molecular formula is C13H20BrNS. The highest BCUT2D eigenvalue weighted by molar-refractivity contribution is 9.10. The lowest BCUT2D eigenvalue weighted by molar-refractivity contribution is 0.554. The first kappa shape index (κ1) is 14.1. The van der Waals surface area contributed by atoms with Crippen molar-refractivity contribution in [2.75, 3.05) is 13.1 Å². The summed E-state index contributed by atoms with van der Waals surface area (Å²) in [5.74, 6) is 0.725. The molecule has 1 aromatic rings. The van der Waals surface area contributed by atoms with Gasteiger partial charge in [-0.05, 0) is 30.7 Å². The molecule has 0 saturated carbocycles. The van der Waals surface area contributed by atoms with Crippen molar-refractivity contribution in [3.05, 3.63) is 28.7 Å². The predicted molar refractivity (Wildman–Crippen MR) is 77.2 cm³/mol. The van der Waals surface area contributed by atoms with E-state index in [1.807, 2.05) is 11.8 Å². The van der Waals surface area contributed by atoms with Crippen LogP contribution in [0.3, 0.4) is 0 Å². The van der Waals surface area contributed by atoms with Crippen molar-refractivity contribution in [3.8, 4) is 0 Å². The first-order chi connectivity index (χ1) is 7.58. The number of thioether (sulfide) groups is 1. The summed E-state index contributed by atoms with van der Waals surface area (Å²) < 4.78 is 1.15. The molecule has 0 aliphatic rings. The lowest BCUT2D eigenvalue weighted by Crippen LogP contribution is -2.26. The monoisotopic (exact) mass is 301 g/mol. The summed E-state index contributed by atoms with van der Waals surface area (Å²) in [5.41, 5.74) is 0. The molecule has 1 N–H and O–H groups in total. The third kappa shape index (κ3) is 5.92. The Labute approximate surface area is 112 Å². The maximum absolute atomic E-state index is 3.49. The molecule has 0 fully saturated rings. The second-order valence-corrected chi connectivity index (χ2v) is 6.87. The summed E-state index contributed by atoms with van der Waals surface area (Å²) in [4.78, 5) is 1.33. The van der Waals surface area contributed by atoms with E-state index in [1.54, 1.807) is 0 Å². The predicted octanol–water partition coefficient (Wildman–Crippen LogP) is 4.18. The van der Waals surface area contributed by atoms with E-state index in [0.29, 0.717) is 5.25 Å². The molecule has 1 nitrogen and oxygen atoms in total. The summed E-state index contributed by atoms with van der Waals surface area (Å²) >= 11 is 5.41. The molecule has 1 atom stereocenters. The zero-order valence-electron chi connectivity index (χ0n) is 10.2. The van der Waals surface area contributed by atoms with Gasteiger partial charge in [0.25, 0.3) is 0 Å². The van der Waals surface area contributed by atoms with Crippen LogP contribution in [0, 0.1) is 5.92 Å². The first-order valence-electron chi connectivity index (χ1n) is 5.71. The summed E-state index contributed by atoms with van der Waals surface area (Å²) in [7, 11) is 0. The smallest absolute Gasteiger partial charge is 0.0191 e. The van der Waals surface area contributed by atoms with Gasteiger partial charge in [-0.2, -0.15) is 0 Å². The zero-order valence-corrected chi connectivity index (χ0v) is 12.6. The molecule has 0 saturated heterocycles. The van der Waals surface area contributed by atoms with Crippen molar-refractivity contribution >= 4 is 27.7 Å². The molecule has 90 valence electrons. The average Bonchev–Trinajstić information content (AvgIpc) is 2.16. The Bertz CT molecular complexity index is 315. The van der Waals surface area contributed by atoms with Gasteiger partial charge in [-0.25, -0.2) is 0 Å². The van der Waals surface area contributed by atoms with E-state index in [9.17, 15) is 0 Å². The third-order valence-corrected chi connectivity index (χ3v) is 3.71. The number of nitrogens with one attached hydrogen (secondary N) is 1. The summed E-state index contributed by atoms with van der Waals surface area (Å²) in [5, 5.41) is 4.09. The highest BCUT2D eigenvalue weighted by Crippen LogP contribution is 2.25. The van der Waals surface area contributed by atoms with Crippen molar-refractivity contribution in [2.45, 2.75) is 30.9 Å². The van der Waals surface area contributed by atoms with E-state index in [0.717, 1.165) is 23.5 Å². The second kappa shape index (κ2) is 7.36. The van der Waals surface area contributed by atoms with Crippen molar-refractivity contribution in [1.82, 2.24) is 5.32 Å². The fraction of sp³-hybridized carbons (Fsp3) is 0.538. The topological polar surface area (TPSA) is 12.0 Å². The van der Waals surface area contributed by atoms with Gasteiger partial charge in [-0.1, -0.05) is 42.8 Å². The lowest BCUT2D eigenvalue weighted by atomic mass is 10.2. The number of hydrogen-bond donors (Lipinski definition) is 1. The van der Waals surface area contributed by atoms with Crippen LogP contribution in [0.15, 0.2) is 33.6 Å². The van der Waals surface area contributed by atoms with Gasteiger partial charge in [-0.15, -0.1) is 11.8 Å². The maximum atomic E-state index is 3.49. The molecule has 0 aromatic heterocycles. The highest BCUT2D eigenvalue weighted by atomic mass is 79.9. The number of hydrogen-bond acceptors (Lipinski definition) is 2.